The Labute approximate surface area is 193 Å². The van der Waals surface area contributed by atoms with Crippen molar-refractivity contribution >= 4 is 23.3 Å². The summed E-state index contributed by atoms with van der Waals surface area (Å²) in [6, 6.07) is 0. The molecule has 8 heteroatoms. The van der Waals surface area contributed by atoms with Gasteiger partial charge in [0.15, 0.2) is 0 Å². The van der Waals surface area contributed by atoms with E-state index in [4.69, 9.17) is 4.74 Å². The van der Waals surface area contributed by atoms with Crippen LogP contribution in [0.15, 0.2) is 40.1 Å². The summed E-state index contributed by atoms with van der Waals surface area (Å²) < 4.78 is 25.7. The summed E-state index contributed by atoms with van der Waals surface area (Å²) in [6.45, 7) is 8.74. The van der Waals surface area contributed by atoms with Crippen molar-refractivity contribution in [3.8, 4) is 5.88 Å². The van der Waals surface area contributed by atoms with Gasteiger partial charge in [-0.2, -0.15) is 0 Å². The van der Waals surface area contributed by atoms with Crippen LogP contribution in [0.25, 0.3) is 0 Å². The highest BCUT2D eigenvalue weighted by Crippen LogP contribution is 2.53. The van der Waals surface area contributed by atoms with Gasteiger partial charge in [-0.1, -0.05) is 31.6 Å². The van der Waals surface area contributed by atoms with Crippen molar-refractivity contribution in [3.05, 3.63) is 51.2 Å². The fourth-order valence-electron chi connectivity index (χ4n) is 3.81. The normalized spacial score (nSPS) is 18.1. The van der Waals surface area contributed by atoms with E-state index in [1.807, 2.05) is 26.8 Å². The van der Waals surface area contributed by atoms with Gasteiger partial charge in [0.2, 0.25) is 5.88 Å². The van der Waals surface area contributed by atoms with Gasteiger partial charge in [-0.15, -0.1) is 0 Å². The zero-order valence-electron chi connectivity index (χ0n) is 19.4. The molecule has 0 atom stereocenters. The summed E-state index contributed by atoms with van der Waals surface area (Å²) in [5, 5.41) is 12.4. The molecule has 1 aromatic heterocycles. The van der Waals surface area contributed by atoms with Crippen LogP contribution in [0, 0.1) is 6.92 Å². The van der Waals surface area contributed by atoms with Crippen LogP contribution in [0.2, 0.25) is 0 Å². The molecule has 0 unspecified atom stereocenters. The fourth-order valence-corrected chi connectivity index (χ4v) is 4.87. The highest BCUT2D eigenvalue weighted by atomic mass is 32.2. The molecule has 4 rings (SSSR count). The predicted octanol–water partition coefficient (Wildman–Crippen LogP) is 5.44. The van der Waals surface area contributed by atoms with Crippen molar-refractivity contribution in [2.75, 3.05) is 23.3 Å². The Hall–Kier alpha value is -2.19. The molecule has 0 saturated heterocycles. The van der Waals surface area contributed by atoms with Gasteiger partial charge in [0.1, 0.15) is 18.1 Å². The molecule has 1 aromatic rings. The van der Waals surface area contributed by atoms with Crippen molar-refractivity contribution in [1.82, 2.24) is 4.57 Å². The van der Waals surface area contributed by atoms with E-state index in [1.165, 1.54) is 6.08 Å². The van der Waals surface area contributed by atoms with Gasteiger partial charge in [-0.05, 0) is 64.0 Å². The maximum atomic E-state index is 14.7. The summed E-state index contributed by atoms with van der Waals surface area (Å²) in [5.74, 6) is 0.133. The maximum Gasteiger partial charge on any atom is 0.258 e. The standard InChI is InChI=1S/C22H28FN3O3S.C2H6/c1-14-5-3-6-17(16(23)13-14)24-18-15(2)20(28)26-10-12-29-21(26)19(18)25-30-22(8-9-22)7-4-11-27;1-2/h5-6,13,24-25,27H,3-4,7-12H2,1-2H3;1-2H3. The average molecular weight is 464 g/mol. The van der Waals surface area contributed by atoms with Crippen molar-refractivity contribution < 1.29 is 14.2 Å². The number of rotatable bonds is 8. The Morgan fingerprint density at radius 1 is 1.25 bits per heavy atom. The second-order valence-corrected chi connectivity index (χ2v) is 9.39. The van der Waals surface area contributed by atoms with Crippen LogP contribution in [0.5, 0.6) is 5.88 Å². The van der Waals surface area contributed by atoms with Crippen molar-refractivity contribution in [3.63, 3.8) is 0 Å². The molecule has 6 nitrogen and oxygen atoms in total. The van der Waals surface area contributed by atoms with E-state index in [2.05, 4.69) is 10.0 Å². The molecule has 2 aliphatic carbocycles. The number of hydrogen-bond acceptors (Lipinski definition) is 6. The molecule has 1 aliphatic heterocycles. The summed E-state index contributed by atoms with van der Waals surface area (Å²) in [5.41, 5.74) is 2.83. The number of fused-ring (bicyclic) bond motifs is 1. The molecular weight excluding hydrogens is 429 g/mol. The number of nitrogens with zero attached hydrogens (tertiary/aromatic N) is 1. The number of allylic oxidation sites excluding steroid dienone is 5. The van der Waals surface area contributed by atoms with Crippen LogP contribution < -0.4 is 20.3 Å². The number of ether oxygens (including phenoxy) is 1. The third-order valence-corrected chi connectivity index (χ3v) is 7.16. The summed E-state index contributed by atoms with van der Waals surface area (Å²) in [4.78, 5) is 12.9. The topological polar surface area (TPSA) is 75.5 Å². The lowest BCUT2D eigenvalue weighted by molar-refractivity contribution is 0.283. The van der Waals surface area contributed by atoms with E-state index in [9.17, 15) is 14.3 Å². The van der Waals surface area contributed by atoms with Crippen LogP contribution in [-0.4, -0.2) is 27.6 Å². The van der Waals surface area contributed by atoms with Crippen molar-refractivity contribution in [2.45, 2.75) is 71.1 Å². The zero-order chi connectivity index (χ0) is 23.3. The van der Waals surface area contributed by atoms with Gasteiger partial charge >= 0.3 is 0 Å². The van der Waals surface area contributed by atoms with Gasteiger partial charge in [0.05, 0.1) is 17.9 Å². The Bertz CT molecular complexity index is 993. The minimum absolute atomic E-state index is 0.0912. The van der Waals surface area contributed by atoms with Gasteiger partial charge in [-0.25, -0.2) is 4.39 Å². The monoisotopic (exact) mass is 463 g/mol. The highest BCUT2D eigenvalue weighted by molar-refractivity contribution is 8.02. The molecule has 0 amide bonds. The molecule has 3 N–H and O–H groups in total. The minimum atomic E-state index is -0.359. The van der Waals surface area contributed by atoms with Gasteiger partial charge in [0.25, 0.3) is 5.56 Å². The third kappa shape index (κ3) is 5.23. The van der Waals surface area contributed by atoms with Gasteiger partial charge in [0, 0.05) is 16.9 Å². The average Bonchev–Trinajstić information content (AvgIpc) is 3.43. The summed E-state index contributed by atoms with van der Waals surface area (Å²) in [7, 11) is 0. The molecular formula is C24H34FN3O3S. The predicted molar refractivity (Wildman–Crippen MR) is 131 cm³/mol. The van der Waals surface area contributed by atoms with E-state index in [0.717, 1.165) is 31.3 Å². The SMILES string of the molecule is CC.CC1=CCC=C(Nc2c(NSC3(CCCO)CC3)c3n(c(=O)c2C)CCO3)C(F)=C1. The molecule has 176 valence electrons. The lowest BCUT2D eigenvalue weighted by Gasteiger charge is -2.22. The molecule has 3 aliphatic rings. The highest BCUT2D eigenvalue weighted by Gasteiger charge is 2.43. The first-order chi connectivity index (χ1) is 15.4. The number of pyridine rings is 1. The number of anilines is 2. The fraction of sp³-hybridized carbons (Fsp3) is 0.542. The molecule has 1 fully saturated rings. The van der Waals surface area contributed by atoms with Crippen LogP contribution in [0.1, 0.15) is 58.4 Å². The van der Waals surface area contributed by atoms with E-state index in [1.54, 1.807) is 29.5 Å². The lowest BCUT2D eigenvalue weighted by Crippen LogP contribution is -2.23. The van der Waals surface area contributed by atoms with Gasteiger partial charge in [-0.3, -0.25) is 9.36 Å². The summed E-state index contributed by atoms with van der Waals surface area (Å²) in [6.07, 6.45) is 9.69. The Kier molecular flexibility index (Phi) is 8.11. The molecule has 0 bridgehead atoms. The van der Waals surface area contributed by atoms with Crippen LogP contribution in [0.4, 0.5) is 15.8 Å². The first-order valence-electron chi connectivity index (χ1n) is 11.4. The second-order valence-electron chi connectivity index (χ2n) is 8.12. The smallest absolute Gasteiger partial charge is 0.258 e. The lowest BCUT2D eigenvalue weighted by atomic mass is 10.2. The second kappa shape index (κ2) is 10.6. The van der Waals surface area contributed by atoms with E-state index in [0.29, 0.717) is 48.1 Å². The van der Waals surface area contributed by atoms with Crippen LogP contribution in [-0.2, 0) is 6.54 Å². The Balaban J connectivity index is 0.00000141. The largest absolute Gasteiger partial charge is 0.475 e. The van der Waals surface area contributed by atoms with E-state index >= 15 is 0 Å². The quantitative estimate of drug-likeness (QED) is 0.446. The van der Waals surface area contributed by atoms with Crippen LogP contribution >= 0.6 is 11.9 Å². The van der Waals surface area contributed by atoms with E-state index < -0.39 is 0 Å². The number of hydrogen-bond donors (Lipinski definition) is 3. The molecule has 0 aromatic carbocycles. The number of aliphatic hydroxyl groups excluding tert-OH is 1. The van der Waals surface area contributed by atoms with Crippen LogP contribution in [0.3, 0.4) is 0 Å². The maximum absolute atomic E-state index is 14.7. The van der Waals surface area contributed by atoms with Crippen molar-refractivity contribution in [2.24, 2.45) is 0 Å². The molecule has 1 saturated carbocycles. The van der Waals surface area contributed by atoms with Gasteiger partial charge < -0.3 is 19.9 Å². The molecule has 32 heavy (non-hydrogen) atoms. The van der Waals surface area contributed by atoms with E-state index in [-0.39, 0.29) is 22.7 Å². The number of nitrogens with one attached hydrogen (secondary N) is 2. The minimum Gasteiger partial charge on any atom is -0.475 e. The first kappa shape index (κ1) is 24.5. The number of aliphatic hydroxyl groups is 1. The third-order valence-electron chi connectivity index (χ3n) is 5.80. The molecule has 0 spiro atoms. The molecule has 0 radical (unpaired) electrons. The number of aromatic nitrogens is 1. The zero-order valence-corrected chi connectivity index (χ0v) is 20.2. The summed E-state index contributed by atoms with van der Waals surface area (Å²) >= 11 is 1.61. The first-order valence-corrected chi connectivity index (χ1v) is 12.2. The Morgan fingerprint density at radius 2 is 2.00 bits per heavy atom. The van der Waals surface area contributed by atoms with Crippen molar-refractivity contribution in [1.29, 1.82) is 0 Å². The Morgan fingerprint density at radius 3 is 2.69 bits per heavy atom. The number of halogens is 1. The molecule has 2 heterocycles.